The molecule has 5 nitrogen and oxygen atoms in total. The van der Waals surface area contributed by atoms with Gasteiger partial charge in [0.25, 0.3) is 0 Å². The Morgan fingerprint density at radius 3 is 0.943 bits per heavy atom. The maximum atomic E-state index is 9.95. The Morgan fingerprint density at radius 2 is 0.629 bits per heavy atom. The van der Waals surface area contributed by atoms with Gasteiger partial charge in [-0.3, -0.25) is 0 Å². The summed E-state index contributed by atoms with van der Waals surface area (Å²) in [7, 11) is 0. The topological polar surface area (TPSA) is 68.2 Å². The molecular weight excluding hydrogens is 440 g/mol. The highest BCUT2D eigenvalue weighted by molar-refractivity contribution is 4.56. The maximum absolute atomic E-state index is 9.95. The van der Waals surface area contributed by atoms with E-state index in [0.717, 1.165) is 12.8 Å². The normalized spacial score (nSPS) is 13.4. The fourth-order valence-electron chi connectivity index (χ4n) is 4.26. The number of aliphatic hydroxyl groups excluding tert-OH is 2. The van der Waals surface area contributed by atoms with Crippen molar-refractivity contribution in [2.24, 2.45) is 0 Å². The lowest BCUT2D eigenvalue weighted by atomic mass is 10.1. The van der Waals surface area contributed by atoms with Crippen LogP contribution in [0, 0.1) is 0 Å². The molecule has 5 heteroatoms. The van der Waals surface area contributed by atoms with Gasteiger partial charge in [-0.2, -0.15) is 0 Å². The Hall–Kier alpha value is -0.200. The first kappa shape index (κ1) is 34.8. The summed E-state index contributed by atoms with van der Waals surface area (Å²) >= 11 is 0. The lowest BCUT2D eigenvalue weighted by molar-refractivity contribution is -0.0566. The minimum absolute atomic E-state index is 0.188. The molecule has 0 saturated carbocycles. The summed E-state index contributed by atoms with van der Waals surface area (Å²) in [5, 5.41) is 19.9. The Balaban J connectivity index is 3.27. The van der Waals surface area contributed by atoms with Crippen molar-refractivity contribution in [1.82, 2.24) is 0 Å². The second kappa shape index (κ2) is 30.0. The molecule has 2 atom stereocenters. The van der Waals surface area contributed by atoms with Gasteiger partial charge >= 0.3 is 0 Å². The average Bonchev–Trinajstić information content (AvgIpc) is 2.85. The van der Waals surface area contributed by atoms with Crippen LogP contribution in [0.2, 0.25) is 0 Å². The molecule has 0 aromatic rings. The van der Waals surface area contributed by atoms with Gasteiger partial charge in [-0.25, -0.2) is 0 Å². The van der Waals surface area contributed by atoms with Gasteiger partial charge in [-0.1, -0.05) is 129 Å². The molecule has 0 spiro atoms. The highest BCUT2D eigenvalue weighted by Crippen LogP contribution is 2.11. The highest BCUT2D eigenvalue weighted by atomic mass is 16.5. The molecule has 0 aliphatic heterocycles. The third-order valence-electron chi connectivity index (χ3n) is 6.53. The van der Waals surface area contributed by atoms with Crippen LogP contribution in [0.3, 0.4) is 0 Å². The molecule has 0 heterocycles. The van der Waals surface area contributed by atoms with Crippen molar-refractivity contribution in [3.05, 3.63) is 0 Å². The maximum Gasteiger partial charge on any atom is 0.101 e. The van der Waals surface area contributed by atoms with Crippen LogP contribution in [0.15, 0.2) is 0 Å². The Labute approximate surface area is 218 Å². The van der Waals surface area contributed by atoms with E-state index >= 15 is 0 Å². The third kappa shape index (κ3) is 29.9. The summed E-state index contributed by atoms with van der Waals surface area (Å²) in [5.74, 6) is 0. The van der Waals surface area contributed by atoms with Crippen LogP contribution in [0.25, 0.3) is 0 Å². The van der Waals surface area contributed by atoms with Gasteiger partial charge in [0.2, 0.25) is 0 Å². The lowest BCUT2D eigenvalue weighted by Gasteiger charge is -2.15. The quantitative estimate of drug-likeness (QED) is 0.0990. The van der Waals surface area contributed by atoms with Crippen LogP contribution < -0.4 is 0 Å². The van der Waals surface area contributed by atoms with Gasteiger partial charge in [0, 0.05) is 13.2 Å². The molecule has 0 aliphatic rings. The van der Waals surface area contributed by atoms with Crippen LogP contribution in [-0.4, -0.2) is 62.1 Å². The van der Waals surface area contributed by atoms with Crippen LogP contribution in [-0.2, 0) is 14.2 Å². The zero-order valence-electron chi connectivity index (χ0n) is 23.7. The Kier molecular flexibility index (Phi) is 29.9. The SMILES string of the molecule is CCCCCCCCCCCCOCC(O)COCC(O)COCCCCCCCCCCCC. The summed E-state index contributed by atoms with van der Waals surface area (Å²) < 4.78 is 16.5. The molecule has 0 aliphatic carbocycles. The van der Waals surface area contributed by atoms with Gasteiger partial charge in [0.05, 0.1) is 26.4 Å². The Bertz CT molecular complexity index is 346. The summed E-state index contributed by atoms with van der Waals surface area (Å²) in [6.45, 7) is 6.88. The molecule has 0 aromatic carbocycles. The molecule has 0 aromatic heterocycles. The first-order valence-electron chi connectivity index (χ1n) is 15.3. The third-order valence-corrected chi connectivity index (χ3v) is 6.53. The van der Waals surface area contributed by atoms with E-state index < -0.39 is 12.2 Å². The summed E-state index contributed by atoms with van der Waals surface area (Å²) in [6, 6.07) is 0. The van der Waals surface area contributed by atoms with Crippen molar-refractivity contribution in [3.8, 4) is 0 Å². The van der Waals surface area contributed by atoms with Gasteiger partial charge in [0.1, 0.15) is 12.2 Å². The Morgan fingerprint density at radius 1 is 0.371 bits per heavy atom. The van der Waals surface area contributed by atoms with E-state index in [4.69, 9.17) is 14.2 Å². The molecule has 0 radical (unpaired) electrons. The van der Waals surface area contributed by atoms with E-state index in [-0.39, 0.29) is 13.2 Å². The van der Waals surface area contributed by atoms with Crippen molar-refractivity contribution >= 4 is 0 Å². The van der Waals surface area contributed by atoms with Crippen molar-refractivity contribution in [2.75, 3.05) is 39.6 Å². The summed E-state index contributed by atoms with van der Waals surface area (Å²) in [6.07, 6.45) is 24.9. The minimum Gasteiger partial charge on any atom is -0.388 e. The van der Waals surface area contributed by atoms with E-state index in [1.807, 2.05) is 0 Å². The zero-order chi connectivity index (χ0) is 25.7. The molecule has 0 saturated heterocycles. The van der Waals surface area contributed by atoms with E-state index in [1.165, 1.54) is 116 Å². The number of unbranched alkanes of at least 4 members (excludes halogenated alkanes) is 18. The van der Waals surface area contributed by atoms with Gasteiger partial charge in [0.15, 0.2) is 0 Å². The molecule has 2 N–H and O–H groups in total. The summed E-state index contributed by atoms with van der Waals surface area (Å²) in [5.41, 5.74) is 0. The molecule has 0 amide bonds. The first-order valence-corrected chi connectivity index (χ1v) is 15.3. The van der Waals surface area contributed by atoms with Crippen molar-refractivity contribution in [3.63, 3.8) is 0 Å². The molecule has 0 rings (SSSR count). The van der Waals surface area contributed by atoms with Gasteiger partial charge in [-0.15, -0.1) is 0 Å². The number of ether oxygens (including phenoxy) is 3. The van der Waals surface area contributed by atoms with E-state index in [2.05, 4.69) is 13.8 Å². The summed E-state index contributed by atoms with van der Waals surface area (Å²) in [4.78, 5) is 0. The predicted octanol–water partition coefficient (Wildman–Crippen LogP) is 7.60. The highest BCUT2D eigenvalue weighted by Gasteiger charge is 2.08. The van der Waals surface area contributed by atoms with Crippen LogP contribution in [0.1, 0.15) is 142 Å². The number of aliphatic hydroxyl groups is 2. The predicted molar refractivity (Wildman–Crippen MR) is 148 cm³/mol. The van der Waals surface area contributed by atoms with Crippen molar-refractivity contribution in [1.29, 1.82) is 0 Å². The second-order valence-electron chi connectivity index (χ2n) is 10.4. The van der Waals surface area contributed by atoms with Crippen LogP contribution in [0.5, 0.6) is 0 Å². The molecule has 2 unspecified atom stereocenters. The number of rotatable bonds is 30. The van der Waals surface area contributed by atoms with Crippen LogP contribution in [0.4, 0.5) is 0 Å². The van der Waals surface area contributed by atoms with Gasteiger partial charge < -0.3 is 24.4 Å². The minimum atomic E-state index is -0.641. The fraction of sp³-hybridized carbons (Fsp3) is 1.00. The van der Waals surface area contributed by atoms with Crippen LogP contribution >= 0.6 is 0 Å². The molecule has 212 valence electrons. The largest absolute Gasteiger partial charge is 0.388 e. The fourth-order valence-corrected chi connectivity index (χ4v) is 4.26. The standard InChI is InChI=1S/C30H62O5/c1-3-5-7-9-11-13-15-17-19-21-23-33-25-29(31)27-35-28-30(32)26-34-24-22-20-18-16-14-12-10-8-6-4-2/h29-32H,3-28H2,1-2H3. The molecular formula is C30H62O5. The van der Waals surface area contributed by atoms with E-state index in [9.17, 15) is 10.2 Å². The average molecular weight is 503 g/mol. The molecule has 0 bridgehead atoms. The van der Waals surface area contributed by atoms with E-state index in [1.54, 1.807) is 0 Å². The second-order valence-corrected chi connectivity index (χ2v) is 10.4. The molecule has 35 heavy (non-hydrogen) atoms. The monoisotopic (exact) mass is 502 g/mol. The number of hydrogen-bond acceptors (Lipinski definition) is 5. The smallest absolute Gasteiger partial charge is 0.101 e. The van der Waals surface area contributed by atoms with Gasteiger partial charge in [-0.05, 0) is 12.8 Å². The molecule has 0 fully saturated rings. The first-order chi connectivity index (χ1) is 17.2. The lowest BCUT2D eigenvalue weighted by Crippen LogP contribution is -2.27. The number of hydrogen-bond donors (Lipinski definition) is 2. The van der Waals surface area contributed by atoms with E-state index in [0.29, 0.717) is 26.4 Å². The van der Waals surface area contributed by atoms with Crippen molar-refractivity contribution in [2.45, 2.75) is 154 Å². The zero-order valence-corrected chi connectivity index (χ0v) is 23.7. The van der Waals surface area contributed by atoms with Crippen molar-refractivity contribution < 1.29 is 24.4 Å².